The second kappa shape index (κ2) is 7.25. The van der Waals surface area contributed by atoms with Crippen molar-refractivity contribution in [3.63, 3.8) is 0 Å². The molecule has 1 unspecified atom stereocenters. The van der Waals surface area contributed by atoms with Crippen LogP contribution in [0.3, 0.4) is 0 Å². The minimum Gasteiger partial charge on any atom is -0.394 e. The van der Waals surface area contributed by atoms with E-state index in [2.05, 4.69) is 10.3 Å². The monoisotopic (exact) mass is 376 g/mol. The van der Waals surface area contributed by atoms with Crippen molar-refractivity contribution in [1.29, 1.82) is 0 Å². The van der Waals surface area contributed by atoms with E-state index in [9.17, 15) is 20.1 Å². The van der Waals surface area contributed by atoms with Crippen LogP contribution < -0.4 is 5.32 Å². The van der Waals surface area contributed by atoms with Crippen molar-refractivity contribution in [3.8, 4) is 0 Å². The summed E-state index contributed by atoms with van der Waals surface area (Å²) in [4.78, 5) is 15.8. The van der Waals surface area contributed by atoms with Crippen LogP contribution in [0, 0.1) is 0 Å². The predicted octanol–water partition coefficient (Wildman–Crippen LogP) is 1.91. The Balaban J connectivity index is 1.92. The smallest absolute Gasteiger partial charge is 0.227 e. The molecule has 0 fully saturated rings. The zero-order chi connectivity index (χ0) is 18.9. The summed E-state index contributed by atoms with van der Waals surface area (Å²) >= 11 is 6.07. The van der Waals surface area contributed by atoms with Crippen molar-refractivity contribution in [2.24, 2.45) is 0 Å². The van der Waals surface area contributed by atoms with Gasteiger partial charge in [0.15, 0.2) is 0 Å². The fourth-order valence-corrected chi connectivity index (χ4v) is 3.12. The van der Waals surface area contributed by atoms with Gasteiger partial charge in [-0.2, -0.15) is 0 Å². The first kappa shape index (κ1) is 18.7. The highest BCUT2D eigenvalue weighted by molar-refractivity contribution is 6.31. The van der Waals surface area contributed by atoms with Crippen LogP contribution in [0.15, 0.2) is 36.4 Å². The van der Waals surface area contributed by atoms with E-state index in [0.717, 1.165) is 27.4 Å². The Labute approximate surface area is 155 Å². The van der Waals surface area contributed by atoms with Gasteiger partial charge in [0.2, 0.25) is 5.91 Å². The average molecular weight is 377 g/mol. The van der Waals surface area contributed by atoms with E-state index in [-0.39, 0.29) is 5.91 Å². The van der Waals surface area contributed by atoms with Gasteiger partial charge in [-0.05, 0) is 36.8 Å². The lowest BCUT2D eigenvalue weighted by atomic mass is 9.96. The third kappa shape index (κ3) is 3.29. The minimum absolute atomic E-state index is 0.388. The minimum atomic E-state index is -1.44. The van der Waals surface area contributed by atoms with Crippen molar-refractivity contribution in [2.45, 2.75) is 18.4 Å². The molecule has 0 saturated carbocycles. The highest BCUT2D eigenvalue weighted by Crippen LogP contribution is 2.30. The number of rotatable bonds is 6. The molecular formula is C19H21ClN2O4. The Bertz CT molecular complexity index is 941. The highest BCUT2D eigenvalue weighted by Gasteiger charge is 2.32. The number of aliphatic hydroxyl groups excluding tert-OH is 3. The molecule has 3 aromatic rings. The number of aliphatic hydroxyl groups is 3. The average Bonchev–Trinajstić information content (AvgIpc) is 3.02. The van der Waals surface area contributed by atoms with Crippen LogP contribution in [0.1, 0.15) is 18.4 Å². The summed E-state index contributed by atoms with van der Waals surface area (Å²) in [6.07, 6.45) is 0. The molecule has 1 aromatic heterocycles. The Morgan fingerprint density at radius 2 is 1.77 bits per heavy atom. The van der Waals surface area contributed by atoms with Gasteiger partial charge in [0.05, 0.1) is 25.7 Å². The predicted molar refractivity (Wildman–Crippen MR) is 101 cm³/mol. The van der Waals surface area contributed by atoms with Gasteiger partial charge in [-0.25, -0.2) is 0 Å². The van der Waals surface area contributed by atoms with E-state index in [1.165, 1.54) is 0 Å². The first-order chi connectivity index (χ1) is 12.4. The number of halogens is 1. The molecule has 2 aromatic carbocycles. The fourth-order valence-electron chi connectivity index (χ4n) is 2.95. The van der Waals surface area contributed by atoms with Gasteiger partial charge in [0.1, 0.15) is 5.54 Å². The molecule has 26 heavy (non-hydrogen) atoms. The molecular weight excluding hydrogens is 356 g/mol. The number of H-pyrrole nitrogens is 1. The van der Waals surface area contributed by atoms with Crippen LogP contribution in [0.2, 0.25) is 5.02 Å². The number of fused-ring (bicyclic) bond motifs is 3. The molecule has 6 nitrogen and oxygen atoms in total. The van der Waals surface area contributed by atoms with Crippen molar-refractivity contribution in [1.82, 2.24) is 10.3 Å². The lowest BCUT2D eigenvalue weighted by Gasteiger charge is -2.30. The molecule has 1 amide bonds. The summed E-state index contributed by atoms with van der Waals surface area (Å²) < 4.78 is 0. The zero-order valence-electron chi connectivity index (χ0n) is 14.3. The summed E-state index contributed by atoms with van der Waals surface area (Å²) in [7, 11) is 0. The van der Waals surface area contributed by atoms with Crippen LogP contribution in [-0.2, 0) is 4.79 Å². The number of nitrogens with one attached hydrogen (secondary N) is 2. The Hall–Kier alpha value is -2.12. The Morgan fingerprint density at radius 1 is 1.08 bits per heavy atom. The van der Waals surface area contributed by atoms with Gasteiger partial charge in [-0.15, -0.1) is 0 Å². The molecule has 0 bridgehead atoms. The first-order valence-corrected chi connectivity index (χ1v) is 8.66. The fraction of sp³-hybridized carbons (Fsp3) is 0.316. The second-order valence-electron chi connectivity index (χ2n) is 6.59. The van der Waals surface area contributed by atoms with Crippen LogP contribution in [0.5, 0.6) is 0 Å². The van der Waals surface area contributed by atoms with Crippen LogP contribution in [0.25, 0.3) is 21.8 Å². The summed E-state index contributed by atoms with van der Waals surface area (Å²) in [5.74, 6) is -0.918. The largest absolute Gasteiger partial charge is 0.394 e. The zero-order valence-corrected chi connectivity index (χ0v) is 15.0. The quantitative estimate of drug-likeness (QED) is 0.453. The highest BCUT2D eigenvalue weighted by atomic mass is 35.5. The van der Waals surface area contributed by atoms with E-state index >= 15 is 0 Å². The molecule has 0 radical (unpaired) electrons. The van der Waals surface area contributed by atoms with Crippen molar-refractivity contribution in [2.75, 3.05) is 19.8 Å². The Morgan fingerprint density at radius 3 is 2.42 bits per heavy atom. The van der Waals surface area contributed by atoms with Crippen LogP contribution in [-0.4, -0.2) is 51.6 Å². The standard InChI is InChI=1S/C19H21ClN2O4/c1-11(18(26)22-19(8-23,9-24)10-25)12-2-4-14-15-7-13(20)3-5-16(15)21-17(14)6-12/h2-7,11,21,23-25H,8-10H2,1H3,(H,22,26). The SMILES string of the molecule is CC(C(=O)NC(CO)(CO)CO)c1ccc2c(c1)[nH]c1ccc(Cl)cc12. The molecule has 5 N–H and O–H groups in total. The summed E-state index contributed by atoms with van der Waals surface area (Å²) in [5, 5.41) is 33.3. The number of aromatic nitrogens is 1. The van der Waals surface area contributed by atoms with Crippen molar-refractivity contribution >= 4 is 39.3 Å². The van der Waals surface area contributed by atoms with Crippen LogP contribution >= 0.6 is 11.6 Å². The van der Waals surface area contributed by atoms with Gasteiger partial charge >= 0.3 is 0 Å². The maximum atomic E-state index is 12.5. The molecule has 0 saturated heterocycles. The van der Waals surface area contributed by atoms with E-state index < -0.39 is 31.3 Å². The van der Waals surface area contributed by atoms with Crippen molar-refractivity contribution in [3.05, 3.63) is 47.0 Å². The van der Waals surface area contributed by atoms with Gasteiger partial charge < -0.3 is 25.6 Å². The van der Waals surface area contributed by atoms with E-state index in [1.54, 1.807) is 6.92 Å². The number of amides is 1. The lowest BCUT2D eigenvalue weighted by Crippen LogP contribution is -2.57. The summed E-state index contributed by atoms with van der Waals surface area (Å²) in [6.45, 7) is 0.0632. The van der Waals surface area contributed by atoms with E-state index in [4.69, 9.17) is 11.6 Å². The van der Waals surface area contributed by atoms with Crippen LogP contribution in [0.4, 0.5) is 0 Å². The molecule has 0 aliphatic carbocycles. The lowest BCUT2D eigenvalue weighted by molar-refractivity contribution is -0.126. The summed E-state index contributed by atoms with van der Waals surface area (Å²) in [6, 6.07) is 11.3. The third-order valence-electron chi connectivity index (χ3n) is 4.77. The molecule has 0 spiro atoms. The maximum absolute atomic E-state index is 12.5. The number of carbonyl (C=O) groups is 1. The maximum Gasteiger partial charge on any atom is 0.227 e. The van der Waals surface area contributed by atoms with Gasteiger partial charge in [0, 0.05) is 26.8 Å². The molecule has 7 heteroatoms. The number of benzene rings is 2. The molecule has 0 aliphatic rings. The van der Waals surface area contributed by atoms with Gasteiger partial charge in [-0.1, -0.05) is 23.7 Å². The number of hydrogen-bond acceptors (Lipinski definition) is 4. The normalized spacial score (nSPS) is 13.3. The van der Waals surface area contributed by atoms with Gasteiger partial charge in [0.25, 0.3) is 0 Å². The number of hydrogen-bond donors (Lipinski definition) is 5. The molecule has 3 rings (SSSR count). The first-order valence-electron chi connectivity index (χ1n) is 8.28. The molecule has 1 atom stereocenters. The Kier molecular flexibility index (Phi) is 5.20. The van der Waals surface area contributed by atoms with E-state index in [0.29, 0.717) is 5.02 Å². The third-order valence-corrected chi connectivity index (χ3v) is 5.01. The van der Waals surface area contributed by atoms with E-state index in [1.807, 2.05) is 36.4 Å². The number of aromatic amines is 1. The molecule has 0 aliphatic heterocycles. The number of carbonyl (C=O) groups excluding carboxylic acids is 1. The molecule has 138 valence electrons. The van der Waals surface area contributed by atoms with Crippen molar-refractivity contribution < 1.29 is 20.1 Å². The van der Waals surface area contributed by atoms with Gasteiger partial charge in [-0.3, -0.25) is 4.79 Å². The molecule has 1 heterocycles. The topological polar surface area (TPSA) is 106 Å². The second-order valence-corrected chi connectivity index (χ2v) is 7.02. The summed E-state index contributed by atoms with van der Waals surface area (Å²) in [5.41, 5.74) is 1.18.